The van der Waals surface area contributed by atoms with Crippen LogP contribution in [-0.4, -0.2) is 24.5 Å². The van der Waals surface area contributed by atoms with Gasteiger partial charge in [0.05, 0.1) is 34.0 Å². The maximum absolute atomic E-state index is 5.13. The Morgan fingerprint density at radius 2 is 1.67 bits per heavy atom. The highest BCUT2D eigenvalue weighted by molar-refractivity contribution is 6.07. The van der Waals surface area contributed by atoms with Crippen molar-refractivity contribution in [2.24, 2.45) is 13.0 Å². The van der Waals surface area contributed by atoms with Crippen LogP contribution in [-0.2, 0) is 19.9 Å². The number of nitrogens with zero attached hydrogens (tertiary/aromatic N) is 5. The summed E-state index contributed by atoms with van der Waals surface area (Å²) in [5, 5.41) is 9.88. The van der Waals surface area contributed by atoms with Crippen LogP contribution in [0.3, 0.4) is 0 Å². The molecule has 5 aromatic rings. The predicted octanol–water partition coefficient (Wildman–Crippen LogP) is 6.95. The molecule has 0 aliphatic heterocycles. The van der Waals surface area contributed by atoms with Crippen LogP contribution >= 0.6 is 0 Å². The summed E-state index contributed by atoms with van der Waals surface area (Å²) < 4.78 is 4.53. The van der Waals surface area contributed by atoms with E-state index in [1.807, 2.05) is 24.9 Å². The molecular formula is C31H33N5. The van der Waals surface area contributed by atoms with Gasteiger partial charge in [0, 0.05) is 24.2 Å². The molecule has 2 aliphatic rings. The lowest BCUT2D eigenvalue weighted by molar-refractivity contribution is 0.287. The van der Waals surface area contributed by atoms with Gasteiger partial charge < -0.3 is 4.57 Å². The second kappa shape index (κ2) is 8.58. The van der Waals surface area contributed by atoms with Crippen molar-refractivity contribution in [3.05, 3.63) is 77.1 Å². The molecule has 0 saturated heterocycles. The Hall–Kier alpha value is -3.47. The van der Waals surface area contributed by atoms with Crippen molar-refractivity contribution in [2.75, 3.05) is 0 Å². The Morgan fingerprint density at radius 1 is 0.889 bits per heavy atom. The number of aryl methyl sites for hydroxylation is 4. The van der Waals surface area contributed by atoms with Crippen molar-refractivity contribution in [1.29, 1.82) is 0 Å². The molecule has 0 radical (unpaired) electrons. The van der Waals surface area contributed by atoms with Crippen LogP contribution in [0.2, 0.25) is 0 Å². The summed E-state index contributed by atoms with van der Waals surface area (Å²) in [5.41, 5.74) is 11.2. The summed E-state index contributed by atoms with van der Waals surface area (Å²) in [6, 6.07) is 18.8. The van der Waals surface area contributed by atoms with E-state index in [0.717, 1.165) is 22.5 Å². The van der Waals surface area contributed by atoms with Gasteiger partial charge in [-0.15, -0.1) is 5.10 Å². The molecule has 1 atom stereocenters. The summed E-state index contributed by atoms with van der Waals surface area (Å²) >= 11 is 0. The SMILES string of the molecule is Cc1nnn(C)c1-c1cnc2c3cc4c(cc3n(C(c3ccccc3)C3CCCCC3)c2c1)CCC4. The highest BCUT2D eigenvalue weighted by Crippen LogP contribution is 2.44. The lowest BCUT2D eigenvalue weighted by Crippen LogP contribution is -2.23. The van der Waals surface area contributed by atoms with Crippen LogP contribution < -0.4 is 0 Å². The third-order valence-electron chi connectivity index (χ3n) is 8.64. The van der Waals surface area contributed by atoms with Crippen LogP contribution in [0.15, 0.2) is 54.7 Å². The Kier molecular flexibility index (Phi) is 5.19. The molecule has 3 heterocycles. The van der Waals surface area contributed by atoms with Gasteiger partial charge in [-0.1, -0.05) is 54.8 Å². The minimum absolute atomic E-state index is 0.300. The lowest BCUT2D eigenvalue weighted by atomic mass is 9.81. The molecule has 0 amide bonds. The summed E-state index contributed by atoms with van der Waals surface area (Å²) in [7, 11) is 1.97. The number of aromatic nitrogens is 5. The summed E-state index contributed by atoms with van der Waals surface area (Å²) in [6.07, 6.45) is 12.2. The highest BCUT2D eigenvalue weighted by atomic mass is 15.4. The first-order chi connectivity index (χ1) is 17.7. The van der Waals surface area contributed by atoms with Gasteiger partial charge in [-0.05, 0) is 79.8 Å². The lowest BCUT2D eigenvalue weighted by Gasteiger charge is -2.33. The van der Waals surface area contributed by atoms with Crippen LogP contribution in [0.1, 0.15) is 67.0 Å². The normalized spacial score (nSPS) is 17.2. The van der Waals surface area contributed by atoms with Crippen LogP contribution in [0.25, 0.3) is 33.2 Å². The first-order valence-corrected chi connectivity index (χ1v) is 13.6. The van der Waals surface area contributed by atoms with Crippen molar-refractivity contribution in [3.63, 3.8) is 0 Å². The van der Waals surface area contributed by atoms with E-state index in [9.17, 15) is 0 Å². The fraction of sp³-hybridized carbons (Fsp3) is 0.387. The predicted molar refractivity (Wildman–Crippen MR) is 145 cm³/mol. The highest BCUT2D eigenvalue weighted by Gasteiger charge is 2.30. The van der Waals surface area contributed by atoms with Crippen molar-refractivity contribution in [2.45, 2.75) is 64.3 Å². The maximum atomic E-state index is 5.13. The molecule has 36 heavy (non-hydrogen) atoms. The molecule has 5 nitrogen and oxygen atoms in total. The fourth-order valence-corrected chi connectivity index (χ4v) is 6.99. The number of fused-ring (bicyclic) bond motifs is 4. The summed E-state index contributed by atoms with van der Waals surface area (Å²) in [5.74, 6) is 0.622. The number of benzene rings is 2. The minimum atomic E-state index is 0.300. The van der Waals surface area contributed by atoms with Crippen molar-refractivity contribution in [3.8, 4) is 11.3 Å². The molecule has 2 aromatic carbocycles. The molecule has 0 spiro atoms. The fourth-order valence-electron chi connectivity index (χ4n) is 6.99. The second-order valence-electron chi connectivity index (χ2n) is 10.9. The number of rotatable bonds is 4. The van der Waals surface area contributed by atoms with E-state index in [0.29, 0.717) is 12.0 Å². The summed E-state index contributed by atoms with van der Waals surface area (Å²) in [4.78, 5) is 5.13. The van der Waals surface area contributed by atoms with Gasteiger partial charge >= 0.3 is 0 Å². The van der Waals surface area contributed by atoms with Gasteiger partial charge in [-0.2, -0.15) is 0 Å². The first-order valence-electron chi connectivity index (χ1n) is 13.6. The van der Waals surface area contributed by atoms with E-state index in [1.165, 1.54) is 84.5 Å². The average molecular weight is 476 g/mol. The van der Waals surface area contributed by atoms with Gasteiger partial charge in [0.25, 0.3) is 0 Å². The molecule has 2 aliphatic carbocycles. The monoisotopic (exact) mass is 475 g/mol. The molecule has 1 fully saturated rings. The molecule has 1 saturated carbocycles. The molecule has 1 unspecified atom stereocenters. The maximum Gasteiger partial charge on any atom is 0.0960 e. The zero-order valence-corrected chi connectivity index (χ0v) is 21.2. The Morgan fingerprint density at radius 3 is 2.42 bits per heavy atom. The smallest absolute Gasteiger partial charge is 0.0960 e. The third-order valence-corrected chi connectivity index (χ3v) is 8.64. The van der Waals surface area contributed by atoms with Gasteiger partial charge in [0.15, 0.2) is 0 Å². The third kappa shape index (κ3) is 3.40. The van der Waals surface area contributed by atoms with E-state index < -0.39 is 0 Å². The minimum Gasteiger partial charge on any atom is -0.331 e. The van der Waals surface area contributed by atoms with Gasteiger partial charge in [-0.25, -0.2) is 4.68 Å². The molecule has 3 aromatic heterocycles. The molecular weight excluding hydrogens is 442 g/mol. The van der Waals surface area contributed by atoms with Gasteiger partial charge in [0.1, 0.15) is 0 Å². The van der Waals surface area contributed by atoms with Gasteiger partial charge in [-0.3, -0.25) is 4.98 Å². The molecule has 7 rings (SSSR count). The van der Waals surface area contributed by atoms with E-state index >= 15 is 0 Å². The Balaban J connectivity index is 1.55. The van der Waals surface area contributed by atoms with Gasteiger partial charge in [0.2, 0.25) is 0 Å². The van der Waals surface area contributed by atoms with Crippen molar-refractivity contribution < 1.29 is 0 Å². The largest absolute Gasteiger partial charge is 0.331 e. The van der Waals surface area contributed by atoms with Crippen LogP contribution in [0, 0.1) is 12.8 Å². The molecule has 182 valence electrons. The quantitative estimate of drug-likeness (QED) is 0.282. The zero-order valence-electron chi connectivity index (χ0n) is 21.2. The van der Waals surface area contributed by atoms with E-state index in [1.54, 1.807) is 0 Å². The zero-order chi connectivity index (χ0) is 24.2. The number of pyridine rings is 1. The van der Waals surface area contributed by atoms with Crippen molar-refractivity contribution in [1.82, 2.24) is 24.5 Å². The molecule has 5 heteroatoms. The van der Waals surface area contributed by atoms with Crippen LogP contribution in [0.4, 0.5) is 0 Å². The van der Waals surface area contributed by atoms with Crippen LogP contribution in [0.5, 0.6) is 0 Å². The topological polar surface area (TPSA) is 48.5 Å². The first kappa shape index (κ1) is 21.8. The second-order valence-corrected chi connectivity index (χ2v) is 10.9. The van der Waals surface area contributed by atoms with E-state index in [-0.39, 0.29) is 0 Å². The average Bonchev–Trinajstić information content (AvgIpc) is 3.60. The number of hydrogen-bond acceptors (Lipinski definition) is 3. The Labute approximate surface area is 212 Å². The van der Waals surface area contributed by atoms with E-state index in [2.05, 4.69) is 63.4 Å². The molecule has 0 bridgehead atoms. The standard InChI is InChI=1S/C31H33N5/c1-20-30(35(2)34-33-20)25-18-28-29(32-19-25)26-16-23-14-9-15-24(23)17-27(26)36(28)31(21-10-5-3-6-11-21)22-12-7-4-8-13-22/h3,5-6,10-11,16-19,22,31H,4,7-9,12-15H2,1-2H3. The summed E-state index contributed by atoms with van der Waals surface area (Å²) in [6.45, 7) is 2.03. The Bertz CT molecular complexity index is 1550. The number of hydrogen-bond donors (Lipinski definition) is 0. The molecule has 0 N–H and O–H groups in total. The van der Waals surface area contributed by atoms with Crippen molar-refractivity contribution >= 4 is 21.9 Å². The van der Waals surface area contributed by atoms with E-state index in [4.69, 9.17) is 4.98 Å².